The molecule has 0 radical (unpaired) electrons. The Morgan fingerprint density at radius 1 is 1.11 bits per heavy atom. The third-order valence-electron chi connectivity index (χ3n) is 6.75. The van der Waals surface area contributed by atoms with Crippen molar-refractivity contribution in [2.45, 2.75) is 38.8 Å². The van der Waals surface area contributed by atoms with Crippen LogP contribution in [-0.2, 0) is 0 Å². The number of carbonyl (C=O) groups excluding carboxylic acids is 1. The zero-order chi connectivity index (χ0) is 25.5. The Hall–Kier alpha value is -4.79. The first-order chi connectivity index (χ1) is 18.0. The van der Waals surface area contributed by atoms with Gasteiger partial charge in [0.1, 0.15) is 11.9 Å². The lowest BCUT2D eigenvalue weighted by Crippen LogP contribution is -2.56. The summed E-state index contributed by atoms with van der Waals surface area (Å²) in [6, 6.07) is 9.65. The number of fused-ring (bicyclic) bond motifs is 2. The molecule has 2 saturated heterocycles. The Bertz CT molecular complexity index is 1490. The molecule has 12 nitrogen and oxygen atoms in total. The van der Waals surface area contributed by atoms with Gasteiger partial charge in [-0.1, -0.05) is 0 Å². The standard InChI is InChI=1S/C25H25N11O/c1-15-7-21(30-22-8-16(2)32-33-22)31-25(29-15)36-19-4-5-20(36)14-34(13-19)24(37)18-3-6-23(27-11-18)35-12-17(9-26)10-28-35/h3,6-8,10-12,19-20H,4-5,13-14H2,1-2H3,(H2,29,30,31,32,33). The van der Waals surface area contributed by atoms with Gasteiger partial charge in [-0.25, -0.2) is 14.6 Å². The highest BCUT2D eigenvalue weighted by atomic mass is 16.2. The van der Waals surface area contributed by atoms with Crippen molar-refractivity contribution in [2.75, 3.05) is 23.3 Å². The minimum Gasteiger partial charge on any atom is -0.334 e. The summed E-state index contributed by atoms with van der Waals surface area (Å²) in [5.41, 5.74) is 2.80. The number of hydrogen-bond donors (Lipinski definition) is 2. The minimum atomic E-state index is -0.0461. The Balaban J connectivity index is 1.17. The maximum atomic E-state index is 13.3. The molecule has 186 valence electrons. The minimum absolute atomic E-state index is 0.0461. The maximum Gasteiger partial charge on any atom is 0.255 e. The van der Waals surface area contributed by atoms with Crippen molar-refractivity contribution < 1.29 is 4.79 Å². The van der Waals surface area contributed by atoms with E-state index < -0.39 is 0 Å². The van der Waals surface area contributed by atoms with Crippen LogP contribution >= 0.6 is 0 Å². The van der Waals surface area contributed by atoms with E-state index in [4.69, 9.17) is 15.2 Å². The van der Waals surface area contributed by atoms with Crippen molar-refractivity contribution in [3.8, 4) is 11.9 Å². The third-order valence-corrected chi connectivity index (χ3v) is 6.75. The summed E-state index contributed by atoms with van der Waals surface area (Å²) >= 11 is 0. The van der Waals surface area contributed by atoms with Crippen LogP contribution < -0.4 is 10.2 Å². The monoisotopic (exact) mass is 495 g/mol. The lowest BCUT2D eigenvalue weighted by atomic mass is 10.1. The molecule has 0 aliphatic carbocycles. The van der Waals surface area contributed by atoms with E-state index in [1.54, 1.807) is 24.5 Å². The summed E-state index contributed by atoms with van der Waals surface area (Å²) in [7, 11) is 0. The van der Waals surface area contributed by atoms with Gasteiger partial charge in [-0.15, -0.1) is 0 Å². The summed E-state index contributed by atoms with van der Waals surface area (Å²) in [4.78, 5) is 31.4. The van der Waals surface area contributed by atoms with Crippen LogP contribution in [0.25, 0.3) is 5.82 Å². The summed E-state index contributed by atoms with van der Waals surface area (Å²) in [6.07, 6.45) is 6.60. The summed E-state index contributed by atoms with van der Waals surface area (Å²) in [6.45, 7) is 5.10. The van der Waals surface area contributed by atoms with Gasteiger partial charge >= 0.3 is 0 Å². The third kappa shape index (κ3) is 4.35. The molecule has 4 aromatic rings. The second-order valence-electron chi connectivity index (χ2n) is 9.45. The van der Waals surface area contributed by atoms with Crippen molar-refractivity contribution in [3.05, 3.63) is 65.4 Å². The Morgan fingerprint density at radius 3 is 2.57 bits per heavy atom. The highest BCUT2D eigenvalue weighted by Gasteiger charge is 2.43. The van der Waals surface area contributed by atoms with Crippen LogP contribution in [0.15, 0.2) is 42.9 Å². The largest absolute Gasteiger partial charge is 0.334 e. The molecule has 37 heavy (non-hydrogen) atoms. The maximum absolute atomic E-state index is 13.3. The number of nitrogens with zero attached hydrogens (tertiary/aromatic N) is 9. The normalized spacial score (nSPS) is 18.6. The number of likely N-dealkylation sites (tertiary alicyclic amines) is 1. The highest BCUT2D eigenvalue weighted by Crippen LogP contribution is 2.34. The van der Waals surface area contributed by atoms with Crippen molar-refractivity contribution in [3.63, 3.8) is 0 Å². The predicted molar refractivity (Wildman–Crippen MR) is 135 cm³/mol. The molecule has 2 unspecified atom stereocenters. The van der Waals surface area contributed by atoms with Gasteiger partial charge in [0.15, 0.2) is 11.6 Å². The number of aromatic amines is 1. The van der Waals surface area contributed by atoms with E-state index in [1.165, 1.54) is 10.9 Å². The van der Waals surface area contributed by atoms with Crippen molar-refractivity contribution in [2.24, 2.45) is 0 Å². The second-order valence-corrected chi connectivity index (χ2v) is 9.45. The van der Waals surface area contributed by atoms with E-state index in [1.807, 2.05) is 36.9 Å². The van der Waals surface area contributed by atoms with Crippen molar-refractivity contribution in [1.82, 2.24) is 39.8 Å². The Kier molecular flexibility index (Phi) is 5.52. The van der Waals surface area contributed by atoms with E-state index in [0.717, 1.165) is 24.2 Å². The molecule has 2 aliphatic heterocycles. The molecule has 0 aromatic carbocycles. The molecule has 6 rings (SSSR count). The number of hydrogen-bond acceptors (Lipinski definition) is 9. The molecular weight excluding hydrogens is 470 g/mol. The number of piperazine rings is 1. The quantitative estimate of drug-likeness (QED) is 0.426. The van der Waals surface area contributed by atoms with E-state index >= 15 is 0 Å². The topological polar surface area (TPSA) is 145 Å². The molecule has 0 spiro atoms. The van der Waals surface area contributed by atoms with E-state index in [2.05, 4.69) is 30.5 Å². The van der Waals surface area contributed by atoms with E-state index in [0.29, 0.717) is 47.6 Å². The fourth-order valence-electron chi connectivity index (χ4n) is 5.08. The van der Waals surface area contributed by atoms with E-state index in [-0.39, 0.29) is 18.0 Å². The van der Waals surface area contributed by atoms with Crippen molar-refractivity contribution >= 4 is 23.5 Å². The number of aromatic nitrogens is 7. The average Bonchev–Trinajstić information content (AvgIpc) is 3.61. The number of amides is 1. The first kappa shape index (κ1) is 22.7. The van der Waals surface area contributed by atoms with Crippen LogP contribution in [0, 0.1) is 25.2 Å². The molecule has 0 saturated carbocycles. The van der Waals surface area contributed by atoms with Crippen LogP contribution in [0.2, 0.25) is 0 Å². The van der Waals surface area contributed by atoms with Crippen LogP contribution in [0.4, 0.5) is 17.6 Å². The molecule has 4 aromatic heterocycles. The number of nitriles is 1. The molecule has 2 aliphatic rings. The lowest BCUT2D eigenvalue weighted by Gasteiger charge is -2.41. The molecule has 12 heteroatoms. The van der Waals surface area contributed by atoms with Gasteiger partial charge in [-0.2, -0.15) is 20.4 Å². The van der Waals surface area contributed by atoms with E-state index in [9.17, 15) is 4.79 Å². The number of rotatable bonds is 5. The fourth-order valence-corrected chi connectivity index (χ4v) is 5.08. The van der Waals surface area contributed by atoms with Crippen LogP contribution in [0.5, 0.6) is 0 Å². The molecule has 1 amide bonds. The SMILES string of the molecule is Cc1cc(Nc2cc(C)[nH]n2)nc(N2C3CCC2CN(C(=O)c2ccc(-n4cc(C#N)cn4)nc2)C3)n1. The molecule has 2 bridgehead atoms. The molecular formula is C25H25N11O. The summed E-state index contributed by atoms with van der Waals surface area (Å²) < 4.78 is 1.52. The summed E-state index contributed by atoms with van der Waals surface area (Å²) in [5.74, 6) is 2.58. The number of H-pyrrole nitrogens is 1. The number of nitrogens with one attached hydrogen (secondary N) is 2. The first-order valence-corrected chi connectivity index (χ1v) is 12.1. The molecule has 2 atom stereocenters. The molecule has 2 fully saturated rings. The fraction of sp³-hybridized carbons (Fsp3) is 0.320. The van der Waals surface area contributed by atoms with Gasteiger partial charge in [-0.3, -0.25) is 9.89 Å². The van der Waals surface area contributed by atoms with Crippen molar-refractivity contribution in [1.29, 1.82) is 5.26 Å². The van der Waals surface area contributed by atoms with Gasteiger partial charge in [0, 0.05) is 54.9 Å². The summed E-state index contributed by atoms with van der Waals surface area (Å²) in [5, 5.41) is 23.5. The van der Waals surface area contributed by atoms with Gasteiger partial charge < -0.3 is 15.1 Å². The second kappa shape index (κ2) is 9.02. The highest BCUT2D eigenvalue weighted by molar-refractivity contribution is 5.94. The van der Waals surface area contributed by atoms with Gasteiger partial charge in [0.25, 0.3) is 5.91 Å². The first-order valence-electron chi connectivity index (χ1n) is 12.1. The van der Waals surface area contributed by atoms with Gasteiger partial charge in [0.05, 0.1) is 23.5 Å². The zero-order valence-corrected chi connectivity index (χ0v) is 20.5. The number of pyridine rings is 1. The van der Waals surface area contributed by atoms with Crippen LogP contribution in [-0.4, -0.2) is 70.9 Å². The van der Waals surface area contributed by atoms with Crippen LogP contribution in [0.3, 0.4) is 0 Å². The van der Waals surface area contributed by atoms with Gasteiger partial charge in [-0.05, 0) is 38.8 Å². The lowest BCUT2D eigenvalue weighted by molar-refractivity contribution is 0.0716. The zero-order valence-electron chi connectivity index (χ0n) is 20.5. The predicted octanol–water partition coefficient (Wildman–Crippen LogP) is 2.51. The van der Waals surface area contributed by atoms with Crippen LogP contribution in [0.1, 0.15) is 40.2 Å². The molecule has 2 N–H and O–H groups in total. The number of carbonyl (C=O) groups is 1. The Labute approximate surface area is 213 Å². The Morgan fingerprint density at radius 2 is 1.92 bits per heavy atom. The smallest absolute Gasteiger partial charge is 0.255 e. The number of aryl methyl sites for hydroxylation is 2. The number of anilines is 3. The molecule has 6 heterocycles. The van der Waals surface area contributed by atoms with Gasteiger partial charge in [0.2, 0.25) is 5.95 Å². The average molecular weight is 496 g/mol.